The van der Waals surface area contributed by atoms with Gasteiger partial charge in [0.05, 0.1) is 0 Å². The van der Waals surface area contributed by atoms with E-state index in [1.54, 1.807) is 12.1 Å². The minimum absolute atomic E-state index is 0.166. The topological polar surface area (TPSA) is 98.1 Å². The summed E-state index contributed by atoms with van der Waals surface area (Å²) in [6.45, 7) is 3.61. The van der Waals surface area contributed by atoms with E-state index in [4.69, 9.17) is 11.5 Å². The number of amides is 1. The minimum Gasteiger partial charge on any atom is -0.399 e. The number of nitrogens with two attached hydrogens (primary N) is 2. The fourth-order valence-corrected chi connectivity index (χ4v) is 2.08. The van der Waals surface area contributed by atoms with Crippen LogP contribution in [0.2, 0.25) is 0 Å². The van der Waals surface area contributed by atoms with Gasteiger partial charge < -0.3 is 16.4 Å². The first-order chi connectivity index (χ1) is 10.1. The molecule has 1 heterocycles. The van der Waals surface area contributed by atoms with Gasteiger partial charge in [0.2, 0.25) is 0 Å². The zero-order chi connectivity index (χ0) is 15.2. The monoisotopic (exact) mass is 285 g/mol. The van der Waals surface area contributed by atoms with Crippen LogP contribution in [0, 0.1) is 0 Å². The highest BCUT2D eigenvalue weighted by Gasteiger charge is 2.10. The maximum absolute atomic E-state index is 11.0. The zero-order valence-electron chi connectivity index (χ0n) is 12.0. The molecule has 0 radical (unpaired) electrons. The SMILES string of the molecule is CCCN(Cc1cccc(N)c1)c1ccc(C(N)=O)nn1. The number of carbonyl (C=O) groups is 1. The number of nitrogen functional groups attached to an aromatic ring is 1. The molecule has 0 aliphatic heterocycles. The molecule has 0 fully saturated rings. The second kappa shape index (κ2) is 6.69. The molecule has 0 saturated carbocycles. The Balaban J connectivity index is 2.20. The molecular formula is C15H19N5O. The Labute approximate surface area is 123 Å². The van der Waals surface area contributed by atoms with Crippen LogP contribution in [-0.2, 0) is 6.54 Å². The first kappa shape index (κ1) is 14.8. The normalized spacial score (nSPS) is 10.3. The van der Waals surface area contributed by atoms with Crippen LogP contribution in [0.4, 0.5) is 11.5 Å². The Bertz CT molecular complexity index is 612. The summed E-state index contributed by atoms with van der Waals surface area (Å²) in [6, 6.07) is 11.1. The van der Waals surface area contributed by atoms with E-state index in [9.17, 15) is 4.79 Å². The molecular weight excluding hydrogens is 266 g/mol. The second-order valence-corrected chi connectivity index (χ2v) is 4.81. The van der Waals surface area contributed by atoms with E-state index in [0.29, 0.717) is 12.4 Å². The van der Waals surface area contributed by atoms with Crippen LogP contribution in [-0.4, -0.2) is 22.6 Å². The predicted octanol–water partition coefficient (Wildman–Crippen LogP) is 1.57. The molecule has 0 saturated heterocycles. The van der Waals surface area contributed by atoms with Crippen molar-refractivity contribution in [1.29, 1.82) is 0 Å². The van der Waals surface area contributed by atoms with Gasteiger partial charge in [-0.15, -0.1) is 10.2 Å². The average Bonchev–Trinajstić information content (AvgIpc) is 2.47. The van der Waals surface area contributed by atoms with E-state index in [-0.39, 0.29) is 5.69 Å². The summed E-state index contributed by atoms with van der Waals surface area (Å²) in [5.41, 5.74) is 13.0. The van der Waals surface area contributed by atoms with E-state index >= 15 is 0 Å². The minimum atomic E-state index is -0.577. The smallest absolute Gasteiger partial charge is 0.269 e. The van der Waals surface area contributed by atoms with Gasteiger partial charge in [0.1, 0.15) is 0 Å². The van der Waals surface area contributed by atoms with Crippen LogP contribution >= 0.6 is 0 Å². The van der Waals surface area contributed by atoms with Gasteiger partial charge in [-0.1, -0.05) is 19.1 Å². The van der Waals surface area contributed by atoms with Gasteiger partial charge in [0, 0.05) is 18.8 Å². The standard InChI is InChI=1S/C15H19N5O/c1-2-8-20(10-11-4-3-5-12(16)9-11)14-7-6-13(15(17)21)18-19-14/h3-7,9H,2,8,10,16H2,1H3,(H2,17,21). The molecule has 1 aromatic carbocycles. The second-order valence-electron chi connectivity index (χ2n) is 4.81. The molecule has 21 heavy (non-hydrogen) atoms. The first-order valence-electron chi connectivity index (χ1n) is 6.83. The molecule has 4 N–H and O–H groups in total. The van der Waals surface area contributed by atoms with E-state index in [1.165, 1.54) is 0 Å². The zero-order valence-corrected chi connectivity index (χ0v) is 12.0. The lowest BCUT2D eigenvalue weighted by atomic mass is 10.2. The molecule has 0 aliphatic rings. The van der Waals surface area contributed by atoms with E-state index < -0.39 is 5.91 Å². The number of hydrogen-bond acceptors (Lipinski definition) is 5. The van der Waals surface area contributed by atoms with Crippen LogP contribution in [0.15, 0.2) is 36.4 Å². The quantitative estimate of drug-likeness (QED) is 0.785. The number of primary amides is 1. The van der Waals surface area contributed by atoms with Gasteiger partial charge in [0.25, 0.3) is 5.91 Å². The van der Waals surface area contributed by atoms with Crippen molar-refractivity contribution in [1.82, 2.24) is 10.2 Å². The van der Waals surface area contributed by atoms with Crippen molar-refractivity contribution in [3.05, 3.63) is 47.7 Å². The van der Waals surface area contributed by atoms with Crippen molar-refractivity contribution < 1.29 is 4.79 Å². The van der Waals surface area contributed by atoms with Crippen molar-refractivity contribution >= 4 is 17.4 Å². The predicted molar refractivity (Wildman–Crippen MR) is 82.7 cm³/mol. The van der Waals surface area contributed by atoms with Gasteiger partial charge in [-0.2, -0.15) is 0 Å². The van der Waals surface area contributed by atoms with Crippen molar-refractivity contribution in [3.8, 4) is 0 Å². The fraction of sp³-hybridized carbons (Fsp3) is 0.267. The third kappa shape index (κ3) is 3.92. The molecule has 110 valence electrons. The van der Waals surface area contributed by atoms with E-state index in [0.717, 1.165) is 24.2 Å². The summed E-state index contributed by atoms with van der Waals surface area (Å²) in [4.78, 5) is 13.1. The Morgan fingerprint density at radius 1 is 1.24 bits per heavy atom. The molecule has 0 unspecified atom stereocenters. The number of nitrogens with zero attached hydrogens (tertiary/aromatic N) is 3. The summed E-state index contributed by atoms with van der Waals surface area (Å²) in [6.07, 6.45) is 0.974. The maximum Gasteiger partial charge on any atom is 0.269 e. The summed E-state index contributed by atoms with van der Waals surface area (Å²) in [5, 5.41) is 7.93. The molecule has 0 spiro atoms. The molecule has 0 bridgehead atoms. The van der Waals surface area contributed by atoms with Crippen molar-refractivity contribution in [2.75, 3.05) is 17.2 Å². The van der Waals surface area contributed by atoms with Crippen molar-refractivity contribution in [2.45, 2.75) is 19.9 Å². The maximum atomic E-state index is 11.0. The lowest BCUT2D eigenvalue weighted by Gasteiger charge is -2.23. The third-order valence-corrected chi connectivity index (χ3v) is 3.04. The van der Waals surface area contributed by atoms with Gasteiger partial charge in [-0.3, -0.25) is 4.79 Å². The summed E-state index contributed by atoms with van der Waals surface area (Å²) in [5.74, 6) is 0.135. The number of rotatable bonds is 6. The number of anilines is 2. The van der Waals surface area contributed by atoms with E-state index in [2.05, 4.69) is 22.0 Å². The molecule has 0 aliphatic carbocycles. The van der Waals surface area contributed by atoms with Crippen LogP contribution in [0.1, 0.15) is 29.4 Å². The number of hydrogen-bond donors (Lipinski definition) is 2. The first-order valence-corrected chi connectivity index (χ1v) is 6.83. The van der Waals surface area contributed by atoms with Crippen LogP contribution in [0.3, 0.4) is 0 Å². The van der Waals surface area contributed by atoms with Gasteiger partial charge >= 0.3 is 0 Å². The molecule has 0 atom stereocenters. The van der Waals surface area contributed by atoms with Gasteiger partial charge in [-0.05, 0) is 36.2 Å². The summed E-state index contributed by atoms with van der Waals surface area (Å²) >= 11 is 0. The van der Waals surface area contributed by atoms with Gasteiger partial charge in [-0.25, -0.2) is 0 Å². The van der Waals surface area contributed by atoms with Crippen LogP contribution < -0.4 is 16.4 Å². The molecule has 2 rings (SSSR count). The van der Waals surface area contributed by atoms with Crippen LogP contribution in [0.5, 0.6) is 0 Å². The lowest BCUT2D eigenvalue weighted by molar-refractivity contribution is 0.0994. The fourth-order valence-electron chi connectivity index (χ4n) is 2.08. The lowest BCUT2D eigenvalue weighted by Crippen LogP contribution is -2.25. The molecule has 6 nitrogen and oxygen atoms in total. The molecule has 2 aromatic rings. The number of benzene rings is 1. The van der Waals surface area contributed by atoms with Crippen molar-refractivity contribution in [2.24, 2.45) is 5.73 Å². The Morgan fingerprint density at radius 2 is 2.05 bits per heavy atom. The number of aromatic nitrogens is 2. The largest absolute Gasteiger partial charge is 0.399 e. The average molecular weight is 285 g/mol. The summed E-state index contributed by atoms with van der Waals surface area (Å²) < 4.78 is 0. The Morgan fingerprint density at radius 3 is 2.62 bits per heavy atom. The third-order valence-electron chi connectivity index (χ3n) is 3.04. The Kier molecular flexibility index (Phi) is 4.71. The van der Waals surface area contributed by atoms with E-state index in [1.807, 2.05) is 24.3 Å². The molecule has 1 aromatic heterocycles. The van der Waals surface area contributed by atoms with Gasteiger partial charge in [0.15, 0.2) is 11.5 Å². The summed E-state index contributed by atoms with van der Waals surface area (Å²) in [7, 11) is 0. The number of carbonyl (C=O) groups excluding carboxylic acids is 1. The Hall–Kier alpha value is -2.63. The highest BCUT2D eigenvalue weighted by Crippen LogP contribution is 2.16. The molecule has 6 heteroatoms. The van der Waals surface area contributed by atoms with Crippen LogP contribution in [0.25, 0.3) is 0 Å². The highest BCUT2D eigenvalue weighted by atomic mass is 16.1. The molecule has 1 amide bonds. The van der Waals surface area contributed by atoms with Crippen molar-refractivity contribution in [3.63, 3.8) is 0 Å². The highest BCUT2D eigenvalue weighted by molar-refractivity contribution is 5.90.